The van der Waals surface area contributed by atoms with E-state index in [-0.39, 0.29) is 0 Å². The first-order valence-electron chi connectivity index (χ1n) is 5.41. The molecule has 3 rings (SSSR count). The number of fused-ring (bicyclic) bond motifs is 1. The topological polar surface area (TPSA) is 48.4 Å². The number of hydrogen-bond acceptors (Lipinski definition) is 3. The molecule has 0 saturated carbocycles. The van der Waals surface area contributed by atoms with Crippen LogP contribution in [0.5, 0.6) is 5.75 Å². The zero-order valence-electron chi connectivity index (χ0n) is 8.90. The van der Waals surface area contributed by atoms with E-state index in [0.717, 1.165) is 35.7 Å². The van der Waals surface area contributed by atoms with Crippen LogP contribution in [-0.2, 0) is 13.0 Å². The van der Waals surface area contributed by atoms with Gasteiger partial charge in [-0.3, -0.25) is 0 Å². The Morgan fingerprint density at radius 2 is 2.19 bits per heavy atom. The smallest absolute Gasteiger partial charge is 0.125 e. The molecule has 3 heteroatoms. The molecule has 0 amide bonds. The fraction of sp³-hybridized carbons (Fsp3) is 0.231. The van der Waals surface area contributed by atoms with Gasteiger partial charge in [0.1, 0.15) is 11.5 Å². The second kappa shape index (κ2) is 3.68. The average Bonchev–Trinajstić information content (AvgIpc) is 2.96. The molecular weight excluding hydrogens is 202 g/mol. The Morgan fingerprint density at radius 1 is 1.25 bits per heavy atom. The highest BCUT2D eigenvalue weighted by Crippen LogP contribution is 2.32. The SMILES string of the molecule is NCc1occc1-c1ccc2c(c1)CCO2. The van der Waals surface area contributed by atoms with Crippen molar-refractivity contribution in [3.05, 3.63) is 41.9 Å². The maximum Gasteiger partial charge on any atom is 0.125 e. The van der Waals surface area contributed by atoms with Gasteiger partial charge in [-0.05, 0) is 29.3 Å². The van der Waals surface area contributed by atoms with E-state index in [9.17, 15) is 0 Å². The van der Waals surface area contributed by atoms with E-state index in [1.807, 2.05) is 18.2 Å². The van der Waals surface area contributed by atoms with Crippen LogP contribution >= 0.6 is 0 Å². The van der Waals surface area contributed by atoms with Crippen molar-refractivity contribution < 1.29 is 9.15 Å². The Balaban J connectivity index is 2.07. The van der Waals surface area contributed by atoms with Crippen molar-refractivity contribution in [2.24, 2.45) is 5.73 Å². The minimum atomic E-state index is 0.427. The first kappa shape index (κ1) is 9.48. The second-order valence-corrected chi connectivity index (χ2v) is 3.88. The third-order valence-corrected chi connectivity index (χ3v) is 2.93. The first-order valence-corrected chi connectivity index (χ1v) is 5.41. The lowest BCUT2D eigenvalue weighted by atomic mass is 10.0. The summed E-state index contributed by atoms with van der Waals surface area (Å²) in [6.45, 7) is 1.21. The highest BCUT2D eigenvalue weighted by atomic mass is 16.5. The molecule has 0 fully saturated rings. The highest BCUT2D eigenvalue weighted by molar-refractivity contribution is 5.67. The van der Waals surface area contributed by atoms with E-state index < -0.39 is 0 Å². The van der Waals surface area contributed by atoms with Crippen LogP contribution in [0, 0.1) is 0 Å². The highest BCUT2D eigenvalue weighted by Gasteiger charge is 2.14. The quantitative estimate of drug-likeness (QED) is 0.836. The van der Waals surface area contributed by atoms with Crippen molar-refractivity contribution in [2.45, 2.75) is 13.0 Å². The largest absolute Gasteiger partial charge is 0.493 e. The molecule has 1 aliphatic heterocycles. The molecule has 1 aromatic heterocycles. The summed E-state index contributed by atoms with van der Waals surface area (Å²) in [5.74, 6) is 1.83. The van der Waals surface area contributed by atoms with Gasteiger partial charge in [-0.2, -0.15) is 0 Å². The van der Waals surface area contributed by atoms with Gasteiger partial charge < -0.3 is 14.9 Å². The van der Waals surface area contributed by atoms with E-state index in [1.54, 1.807) is 6.26 Å². The van der Waals surface area contributed by atoms with E-state index in [2.05, 4.69) is 6.07 Å². The van der Waals surface area contributed by atoms with Crippen LogP contribution in [0.3, 0.4) is 0 Å². The molecule has 0 saturated heterocycles. The molecule has 2 heterocycles. The van der Waals surface area contributed by atoms with E-state index in [0.29, 0.717) is 6.54 Å². The number of rotatable bonds is 2. The van der Waals surface area contributed by atoms with Crippen LogP contribution in [-0.4, -0.2) is 6.61 Å². The summed E-state index contributed by atoms with van der Waals surface area (Å²) in [4.78, 5) is 0. The van der Waals surface area contributed by atoms with Crippen molar-refractivity contribution in [3.63, 3.8) is 0 Å². The third-order valence-electron chi connectivity index (χ3n) is 2.93. The molecule has 0 unspecified atom stereocenters. The Labute approximate surface area is 93.8 Å². The van der Waals surface area contributed by atoms with Crippen molar-refractivity contribution >= 4 is 0 Å². The molecule has 1 aromatic carbocycles. The van der Waals surface area contributed by atoms with E-state index in [1.165, 1.54) is 5.56 Å². The molecule has 0 aliphatic carbocycles. The molecular formula is C13H13NO2. The van der Waals surface area contributed by atoms with Gasteiger partial charge in [0.25, 0.3) is 0 Å². The average molecular weight is 215 g/mol. The maximum atomic E-state index is 5.63. The molecule has 3 nitrogen and oxygen atoms in total. The summed E-state index contributed by atoms with van der Waals surface area (Å²) >= 11 is 0. The number of hydrogen-bond donors (Lipinski definition) is 1. The van der Waals surface area contributed by atoms with Crippen LogP contribution in [0.4, 0.5) is 0 Å². The van der Waals surface area contributed by atoms with Crippen LogP contribution in [0.15, 0.2) is 34.9 Å². The summed E-state index contributed by atoms with van der Waals surface area (Å²) in [7, 11) is 0. The van der Waals surface area contributed by atoms with E-state index in [4.69, 9.17) is 14.9 Å². The lowest BCUT2D eigenvalue weighted by Gasteiger charge is -2.03. The van der Waals surface area contributed by atoms with Crippen molar-refractivity contribution in [3.8, 4) is 16.9 Å². The predicted octanol–water partition coefficient (Wildman–Crippen LogP) is 2.34. The van der Waals surface area contributed by atoms with Gasteiger partial charge in [0.15, 0.2) is 0 Å². The Hall–Kier alpha value is -1.74. The molecule has 0 bridgehead atoms. The second-order valence-electron chi connectivity index (χ2n) is 3.88. The molecule has 0 radical (unpaired) electrons. The molecule has 1 aliphatic rings. The maximum absolute atomic E-state index is 5.63. The first-order chi connectivity index (χ1) is 7.88. The number of benzene rings is 1. The van der Waals surface area contributed by atoms with Gasteiger partial charge in [0.05, 0.1) is 19.4 Å². The normalized spacial score (nSPS) is 13.6. The minimum absolute atomic E-state index is 0.427. The summed E-state index contributed by atoms with van der Waals surface area (Å²) < 4.78 is 10.8. The third kappa shape index (κ3) is 1.41. The standard InChI is InChI=1S/C13H13NO2/c14-8-13-11(4-6-16-13)9-1-2-12-10(7-9)3-5-15-12/h1-2,4,6-7H,3,5,8,14H2. The molecule has 2 aromatic rings. The van der Waals surface area contributed by atoms with Gasteiger partial charge in [0, 0.05) is 12.0 Å². The molecule has 16 heavy (non-hydrogen) atoms. The lowest BCUT2D eigenvalue weighted by molar-refractivity contribution is 0.357. The van der Waals surface area contributed by atoms with Crippen LogP contribution in [0.1, 0.15) is 11.3 Å². The van der Waals surface area contributed by atoms with Gasteiger partial charge in [-0.15, -0.1) is 0 Å². The van der Waals surface area contributed by atoms with Crippen molar-refractivity contribution in [1.29, 1.82) is 0 Å². The Bertz CT molecular complexity index is 516. The van der Waals surface area contributed by atoms with Gasteiger partial charge >= 0.3 is 0 Å². The van der Waals surface area contributed by atoms with Gasteiger partial charge in [0.2, 0.25) is 0 Å². The lowest BCUT2D eigenvalue weighted by Crippen LogP contribution is -1.95. The van der Waals surface area contributed by atoms with Crippen LogP contribution in [0.25, 0.3) is 11.1 Å². The van der Waals surface area contributed by atoms with Crippen molar-refractivity contribution in [1.82, 2.24) is 0 Å². The predicted molar refractivity (Wildman–Crippen MR) is 61.2 cm³/mol. The summed E-state index contributed by atoms with van der Waals surface area (Å²) in [5, 5.41) is 0. The molecule has 2 N–H and O–H groups in total. The number of furan rings is 1. The molecule has 0 spiro atoms. The Kier molecular flexibility index (Phi) is 2.18. The zero-order valence-corrected chi connectivity index (χ0v) is 8.90. The number of ether oxygens (including phenoxy) is 1. The Morgan fingerprint density at radius 3 is 3.06 bits per heavy atom. The molecule has 82 valence electrons. The monoisotopic (exact) mass is 215 g/mol. The number of nitrogens with two attached hydrogens (primary N) is 1. The zero-order chi connectivity index (χ0) is 11.0. The summed E-state index contributed by atoms with van der Waals surface area (Å²) in [5.41, 5.74) is 9.12. The fourth-order valence-electron chi connectivity index (χ4n) is 2.11. The fourth-order valence-corrected chi connectivity index (χ4v) is 2.11. The summed E-state index contributed by atoms with van der Waals surface area (Å²) in [6.07, 6.45) is 2.67. The van der Waals surface area contributed by atoms with E-state index >= 15 is 0 Å². The molecule has 0 atom stereocenters. The van der Waals surface area contributed by atoms with Gasteiger partial charge in [-0.25, -0.2) is 0 Å². The summed E-state index contributed by atoms with van der Waals surface area (Å²) in [6, 6.07) is 8.19. The van der Waals surface area contributed by atoms with Crippen molar-refractivity contribution in [2.75, 3.05) is 6.61 Å². The van der Waals surface area contributed by atoms with Crippen LogP contribution < -0.4 is 10.5 Å². The minimum Gasteiger partial charge on any atom is -0.493 e. The van der Waals surface area contributed by atoms with Gasteiger partial charge in [-0.1, -0.05) is 6.07 Å². The van der Waals surface area contributed by atoms with Crippen LogP contribution in [0.2, 0.25) is 0 Å².